The predicted molar refractivity (Wildman–Crippen MR) is 73.4 cm³/mol. The smallest absolute Gasteiger partial charge is 0.410 e. The van der Waals surface area contributed by atoms with Crippen molar-refractivity contribution < 1.29 is 23.9 Å². The highest BCUT2D eigenvalue weighted by atomic mass is 16.6. The van der Waals surface area contributed by atoms with Crippen molar-refractivity contribution in [3.63, 3.8) is 0 Å². The van der Waals surface area contributed by atoms with Crippen LogP contribution in [0.3, 0.4) is 0 Å². The molecule has 7 heteroatoms. The normalized spacial score (nSPS) is 28.7. The molecule has 2 saturated heterocycles. The highest BCUT2D eigenvalue weighted by Crippen LogP contribution is 2.40. The summed E-state index contributed by atoms with van der Waals surface area (Å²) in [6.07, 6.45) is 0.0802. The minimum absolute atomic E-state index is 0.118. The van der Waals surface area contributed by atoms with Gasteiger partial charge in [0, 0.05) is 19.5 Å². The molecule has 7 nitrogen and oxygen atoms in total. The Balaban J connectivity index is 2.11. The van der Waals surface area contributed by atoms with Gasteiger partial charge in [-0.1, -0.05) is 0 Å². The molecule has 2 atom stereocenters. The van der Waals surface area contributed by atoms with Crippen molar-refractivity contribution in [1.29, 1.82) is 0 Å². The molecule has 2 aliphatic heterocycles. The third kappa shape index (κ3) is 2.96. The summed E-state index contributed by atoms with van der Waals surface area (Å²) in [6, 6.07) is -0.418. The Morgan fingerprint density at radius 1 is 1.38 bits per heavy atom. The number of hydrogen-bond donors (Lipinski definition) is 1. The summed E-state index contributed by atoms with van der Waals surface area (Å²) in [5, 5.41) is 2.77. The van der Waals surface area contributed by atoms with Crippen molar-refractivity contribution in [2.45, 2.75) is 45.3 Å². The largest absolute Gasteiger partial charge is 0.469 e. The van der Waals surface area contributed by atoms with E-state index in [0.29, 0.717) is 13.0 Å². The van der Waals surface area contributed by atoms with Crippen LogP contribution in [0.4, 0.5) is 4.79 Å². The summed E-state index contributed by atoms with van der Waals surface area (Å²) in [7, 11) is 1.32. The topological polar surface area (TPSA) is 84.9 Å². The van der Waals surface area contributed by atoms with Gasteiger partial charge in [-0.2, -0.15) is 0 Å². The van der Waals surface area contributed by atoms with E-state index < -0.39 is 29.1 Å². The molecule has 1 N–H and O–H groups in total. The average Bonchev–Trinajstić information content (AvgIpc) is 2.71. The third-order valence-electron chi connectivity index (χ3n) is 3.95. The second-order valence-corrected chi connectivity index (χ2v) is 6.62. The third-order valence-corrected chi connectivity index (χ3v) is 3.95. The quantitative estimate of drug-likeness (QED) is 0.719. The lowest BCUT2D eigenvalue weighted by molar-refractivity contribution is -0.156. The number of nitrogens with one attached hydrogen (secondary N) is 1. The van der Waals surface area contributed by atoms with Gasteiger partial charge in [0.25, 0.3) is 0 Å². The monoisotopic (exact) mass is 298 g/mol. The molecule has 2 heterocycles. The molecule has 0 spiro atoms. The van der Waals surface area contributed by atoms with Crippen LogP contribution in [0.1, 0.15) is 33.6 Å². The lowest BCUT2D eigenvalue weighted by Gasteiger charge is -2.41. The van der Waals surface area contributed by atoms with Crippen LogP contribution >= 0.6 is 0 Å². The van der Waals surface area contributed by atoms with E-state index in [1.807, 2.05) is 0 Å². The Morgan fingerprint density at radius 3 is 2.62 bits per heavy atom. The van der Waals surface area contributed by atoms with Crippen LogP contribution in [-0.4, -0.2) is 54.7 Å². The van der Waals surface area contributed by atoms with Crippen LogP contribution in [0.5, 0.6) is 0 Å². The zero-order valence-corrected chi connectivity index (χ0v) is 12.9. The standard InChI is InChI=1S/C14H22N2O5/c1-13(2,3)21-12(19)16-6-5-14(11(18)20-4)7-10(17)15-9(14)8-16/h9H,5-8H2,1-4H3,(H,15,17). The number of amides is 2. The van der Waals surface area contributed by atoms with Gasteiger partial charge in [0.2, 0.25) is 5.91 Å². The first-order valence-electron chi connectivity index (χ1n) is 7.04. The predicted octanol–water partition coefficient (Wildman–Crippen LogP) is 0.675. The fraction of sp³-hybridized carbons (Fsp3) is 0.786. The zero-order valence-electron chi connectivity index (χ0n) is 12.9. The maximum Gasteiger partial charge on any atom is 0.410 e. The number of nitrogens with zero attached hydrogens (tertiary/aromatic N) is 1. The van der Waals surface area contributed by atoms with Crippen molar-refractivity contribution in [1.82, 2.24) is 10.2 Å². The molecule has 0 aromatic carbocycles. The highest BCUT2D eigenvalue weighted by Gasteiger charge is 2.56. The number of ether oxygens (including phenoxy) is 2. The Labute approximate surface area is 123 Å². The van der Waals surface area contributed by atoms with E-state index >= 15 is 0 Å². The molecule has 118 valence electrons. The molecular formula is C14H22N2O5. The van der Waals surface area contributed by atoms with Gasteiger partial charge in [-0.25, -0.2) is 4.79 Å². The molecule has 0 saturated carbocycles. The van der Waals surface area contributed by atoms with Gasteiger partial charge in [0.05, 0.1) is 13.2 Å². The van der Waals surface area contributed by atoms with E-state index in [0.717, 1.165) is 0 Å². The highest BCUT2D eigenvalue weighted by molar-refractivity contribution is 5.91. The van der Waals surface area contributed by atoms with Crippen LogP contribution in [-0.2, 0) is 19.1 Å². The second kappa shape index (κ2) is 5.20. The molecule has 2 amide bonds. The van der Waals surface area contributed by atoms with Crippen LogP contribution in [0.2, 0.25) is 0 Å². The fourth-order valence-electron chi connectivity index (χ4n) is 2.93. The summed E-state index contributed by atoms with van der Waals surface area (Å²) in [6.45, 7) is 6.02. The Hall–Kier alpha value is -1.79. The molecule has 0 radical (unpaired) electrons. The Bertz CT molecular complexity index is 470. The molecule has 2 unspecified atom stereocenters. The van der Waals surface area contributed by atoms with Crippen LogP contribution in [0.15, 0.2) is 0 Å². The van der Waals surface area contributed by atoms with Crippen molar-refractivity contribution >= 4 is 18.0 Å². The summed E-state index contributed by atoms with van der Waals surface area (Å²) in [5.74, 6) is -0.578. The van der Waals surface area contributed by atoms with Gasteiger partial charge in [0.1, 0.15) is 11.0 Å². The maximum absolute atomic E-state index is 12.1. The Morgan fingerprint density at radius 2 is 2.05 bits per heavy atom. The van der Waals surface area contributed by atoms with Gasteiger partial charge >= 0.3 is 12.1 Å². The van der Waals surface area contributed by atoms with Crippen LogP contribution in [0, 0.1) is 5.41 Å². The number of fused-ring (bicyclic) bond motifs is 1. The number of piperidine rings is 1. The first-order chi connectivity index (χ1) is 9.68. The summed E-state index contributed by atoms with van der Waals surface area (Å²) >= 11 is 0. The van der Waals surface area contributed by atoms with E-state index in [1.54, 1.807) is 20.8 Å². The number of carbonyl (C=O) groups is 3. The number of methoxy groups -OCH3 is 1. The van der Waals surface area contributed by atoms with E-state index in [-0.39, 0.29) is 18.9 Å². The van der Waals surface area contributed by atoms with E-state index in [1.165, 1.54) is 12.0 Å². The first kappa shape index (κ1) is 15.6. The van der Waals surface area contributed by atoms with Crippen molar-refractivity contribution in [3.8, 4) is 0 Å². The van der Waals surface area contributed by atoms with Crippen LogP contribution in [0.25, 0.3) is 0 Å². The summed E-state index contributed by atoms with van der Waals surface area (Å²) < 4.78 is 10.2. The van der Waals surface area contributed by atoms with Gasteiger partial charge < -0.3 is 19.7 Å². The second-order valence-electron chi connectivity index (χ2n) is 6.62. The molecule has 0 bridgehead atoms. The fourth-order valence-corrected chi connectivity index (χ4v) is 2.93. The minimum Gasteiger partial charge on any atom is -0.469 e. The molecule has 2 rings (SSSR count). The van der Waals surface area contributed by atoms with E-state index in [2.05, 4.69) is 5.32 Å². The molecule has 21 heavy (non-hydrogen) atoms. The maximum atomic E-state index is 12.1. The number of carbonyl (C=O) groups excluding carboxylic acids is 3. The van der Waals surface area contributed by atoms with Crippen molar-refractivity contribution in [2.24, 2.45) is 5.41 Å². The Kier molecular flexibility index (Phi) is 3.86. The van der Waals surface area contributed by atoms with Gasteiger partial charge in [-0.3, -0.25) is 9.59 Å². The van der Waals surface area contributed by atoms with E-state index in [9.17, 15) is 14.4 Å². The first-order valence-corrected chi connectivity index (χ1v) is 7.04. The van der Waals surface area contributed by atoms with Crippen molar-refractivity contribution in [2.75, 3.05) is 20.2 Å². The number of rotatable bonds is 1. The molecular weight excluding hydrogens is 276 g/mol. The molecule has 0 aromatic rings. The molecule has 2 aliphatic rings. The lowest BCUT2D eigenvalue weighted by atomic mass is 9.74. The van der Waals surface area contributed by atoms with Gasteiger partial charge in [0.15, 0.2) is 0 Å². The SMILES string of the molecule is COC(=O)C12CCN(C(=O)OC(C)(C)C)CC1NC(=O)C2. The lowest BCUT2D eigenvalue weighted by Crippen LogP contribution is -2.57. The van der Waals surface area contributed by atoms with Gasteiger partial charge in [-0.15, -0.1) is 0 Å². The minimum atomic E-state index is -0.857. The zero-order chi connectivity index (χ0) is 15.8. The number of likely N-dealkylation sites (tertiary alicyclic amines) is 1. The summed E-state index contributed by atoms with van der Waals surface area (Å²) in [4.78, 5) is 37.4. The average molecular weight is 298 g/mol. The molecule has 0 aliphatic carbocycles. The number of hydrogen-bond acceptors (Lipinski definition) is 5. The van der Waals surface area contributed by atoms with E-state index in [4.69, 9.17) is 9.47 Å². The summed E-state index contributed by atoms with van der Waals surface area (Å²) in [5.41, 5.74) is -1.43. The molecule has 2 fully saturated rings. The van der Waals surface area contributed by atoms with Gasteiger partial charge in [-0.05, 0) is 27.2 Å². The number of esters is 1. The molecule has 0 aromatic heterocycles. The van der Waals surface area contributed by atoms with Crippen molar-refractivity contribution in [3.05, 3.63) is 0 Å². The van der Waals surface area contributed by atoms with Crippen LogP contribution < -0.4 is 5.32 Å².